The molecule has 0 amide bonds. The van der Waals surface area contributed by atoms with Crippen LogP contribution in [0.3, 0.4) is 0 Å². The highest BCUT2D eigenvalue weighted by Crippen LogP contribution is 1.86. The van der Waals surface area contributed by atoms with Crippen molar-refractivity contribution < 1.29 is 27.4 Å². The van der Waals surface area contributed by atoms with Crippen LogP contribution in [0.25, 0.3) is 0 Å². The number of rotatable bonds is 3. The van der Waals surface area contributed by atoms with Crippen LogP contribution in [0.1, 0.15) is 0 Å². The average Bonchev–Trinajstić information content (AvgIpc) is 1.59. The monoisotopic (exact) mass is 158 g/mol. The first-order valence-electron chi connectivity index (χ1n) is 1.90. The molecule has 0 saturated carbocycles. The van der Waals surface area contributed by atoms with E-state index in [2.05, 4.69) is 4.18 Å². The smallest absolute Gasteiger partial charge is 0.366 e. The van der Waals surface area contributed by atoms with Gasteiger partial charge in [0.1, 0.15) is 6.61 Å². The summed E-state index contributed by atoms with van der Waals surface area (Å²) in [7, 11) is -4.54. The van der Waals surface area contributed by atoms with Crippen LogP contribution < -0.4 is 0 Å². The Morgan fingerprint density at radius 3 is 2.00 bits per heavy atom. The molecule has 9 heavy (non-hydrogen) atoms. The van der Waals surface area contributed by atoms with Crippen molar-refractivity contribution in [1.29, 1.82) is 0 Å². The van der Waals surface area contributed by atoms with Gasteiger partial charge >= 0.3 is 10.4 Å². The van der Waals surface area contributed by atoms with E-state index in [1.165, 1.54) is 0 Å². The Hall–Kier alpha value is -0.210. The van der Waals surface area contributed by atoms with Gasteiger partial charge in [0.2, 0.25) is 0 Å². The summed E-state index contributed by atoms with van der Waals surface area (Å²) in [6, 6.07) is 0. The third-order valence-electron chi connectivity index (χ3n) is 0.366. The van der Waals surface area contributed by atoms with Crippen LogP contribution in [0.15, 0.2) is 0 Å². The van der Waals surface area contributed by atoms with E-state index in [1.807, 2.05) is 0 Å². The SMILES string of the molecule is O=S(=O)(O)OCC(O)O. The van der Waals surface area contributed by atoms with E-state index in [9.17, 15) is 8.42 Å². The quantitative estimate of drug-likeness (QED) is 0.328. The zero-order valence-corrected chi connectivity index (χ0v) is 5.08. The van der Waals surface area contributed by atoms with Gasteiger partial charge in [0.15, 0.2) is 6.29 Å². The van der Waals surface area contributed by atoms with Gasteiger partial charge in [-0.05, 0) is 0 Å². The van der Waals surface area contributed by atoms with E-state index >= 15 is 0 Å². The van der Waals surface area contributed by atoms with Gasteiger partial charge in [0.05, 0.1) is 0 Å². The third kappa shape index (κ3) is 7.79. The van der Waals surface area contributed by atoms with Crippen LogP contribution >= 0.6 is 0 Å². The van der Waals surface area contributed by atoms with Gasteiger partial charge in [-0.15, -0.1) is 0 Å². The van der Waals surface area contributed by atoms with Crippen LogP contribution in [0.5, 0.6) is 0 Å². The van der Waals surface area contributed by atoms with Crippen LogP contribution in [-0.4, -0.2) is 36.1 Å². The highest BCUT2D eigenvalue weighted by atomic mass is 32.3. The summed E-state index contributed by atoms with van der Waals surface area (Å²) >= 11 is 0. The Morgan fingerprint density at radius 2 is 1.89 bits per heavy atom. The highest BCUT2D eigenvalue weighted by molar-refractivity contribution is 7.80. The van der Waals surface area contributed by atoms with Crippen molar-refractivity contribution in [2.24, 2.45) is 0 Å². The molecule has 6 nitrogen and oxygen atoms in total. The van der Waals surface area contributed by atoms with Crippen molar-refractivity contribution in [2.45, 2.75) is 6.29 Å². The maximum Gasteiger partial charge on any atom is 0.397 e. The fourth-order valence-corrected chi connectivity index (χ4v) is 0.441. The largest absolute Gasteiger partial charge is 0.397 e. The maximum atomic E-state index is 9.65. The van der Waals surface area contributed by atoms with Gasteiger partial charge in [0, 0.05) is 0 Å². The van der Waals surface area contributed by atoms with Gasteiger partial charge in [-0.1, -0.05) is 0 Å². The van der Waals surface area contributed by atoms with E-state index < -0.39 is 23.3 Å². The Morgan fingerprint density at radius 1 is 1.44 bits per heavy atom. The van der Waals surface area contributed by atoms with Crippen LogP contribution in [0.4, 0.5) is 0 Å². The number of aliphatic hydroxyl groups is 2. The highest BCUT2D eigenvalue weighted by Gasteiger charge is 2.06. The van der Waals surface area contributed by atoms with Crippen molar-refractivity contribution in [3.8, 4) is 0 Å². The molecule has 0 unspecified atom stereocenters. The number of hydrogen-bond donors (Lipinski definition) is 3. The van der Waals surface area contributed by atoms with E-state index in [0.29, 0.717) is 0 Å². The molecule has 0 rings (SSSR count). The normalized spacial score (nSPS) is 12.4. The van der Waals surface area contributed by atoms with E-state index in [4.69, 9.17) is 14.8 Å². The molecule has 0 atom stereocenters. The summed E-state index contributed by atoms with van der Waals surface area (Å²) in [6.07, 6.45) is -1.90. The molecule has 0 radical (unpaired) electrons. The van der Waals surface area contributed by atoms with Crippen LogP contribution in [0.2, 0.25) is 0 Å². The summed E-state index contributed by atoms with van der Waals surface area (Å²) in [4.78, 5) is 0. The molecule has 3 N–H and O–H groups in total. The first-order chi connectivity index (χ1) is 3.92. The molecular formula is C2H6O6S. The summed E-state index contributed by atoms with van der Waals surface area (Å²) in [5.41, 5.74) is 0. The lowest BCUT2D eigenvalue weighted by atomic mass is 10.7. The van der Waals surface area contributed by atoms with Gasteiger partial charge in [-0.25, -0.2) is 4.18 Å². The fraction of sp³-hybridized carbons (Fsp3) is 1.00. The molecule has 7 heteroatoms. The zero-order chi connectivity index (χ0) is 7.49. The second kappa shape index (κ2) is 3.08. The lowest BCUT2D eigenvalue weighted by molar-refractivity contribution is -0.0687. The van der Waals surface area contributed by atoms with Crippen LogP contribution in [0, 0.1) is 0 Å². The first-order valence-corrected chi connectivity index (χ1v) is 3.26. The Balaban J connectivity index is 3.53. The van der Waals surface area contributed by atoms with Gasteiger partial charge < -0.3 is 10.2 Å². The average molecular weight is 158 g/mol. The molecule has 0 aliphatic heterocycles. The molecule has 56 valence electrons. The minimum atomic E-state index is -4.54. The minimum Gasteiger partial charge on any atom is -0.366 e. The van der Waals surface area contributed by atoms with Crippen molar-refractivity contribution in [1.82, 2.24) is 0 Å². The Bertz CT molecular complexity index is 156. The molecule has 0 spiro atoms. The lowest BCUT2D eigenvalue weighted by Crippen LogP contribution is -2.17. The molecule has 0 heterocycles. The summed E-state index contributed by atoms with van der Waals surface area (Å²) in [5.74, 6) is 0. The topological polar surface area (TPSA) is 104 Å². The predicted molar refractivity (Wildman–Crippen MR) is 25.7 cm³/mol. The van der Waals surface area contributed by atoms with Gasteiger partial charge in [-0.3, -0.25) is 4.55 Å². The molecule has 0 bridgehead atoms. The fourth-order valence-electron chi connectivity index (χ4n) is 0.147. The van der Waals surface area contributed by atoms with Gasteiger partial charge in [0.25, 0.3) is 0 Å². The second-order valence-electron chi connectivity index (χ2n) is 1.19. The van der Waals surface area contributed by atoms with E-state index in [-0.39, 0.29) is 0 Å². The van der Waals surface area contributed by atoms with Crippen molar-refractivity contribution >= 4 is 10.4 Å². The molecule has 0 saturated heterocycles. The predicted octanol–water partition coefficient (Wildman–Crippen LogP) is -1.88. The number of aliphatic hydroxyl groups excluding tert-OH is 1. The molecule has 0 aromatic heterocycles. The molecule has 0 fully saturated rings. The van der Waals surface area contributed by atoms with Gasteiger partial charge in [-0.2, -0.15) is 8.42 Å². The molecule has 0 aromatic carbocycles. The molecule has 0 aliphatic rings. The minimum absolute atomic E-state index is 0.862. The molecule has 0 aliphatic carbocycles. The third-order valence-corrected chi connectivity index (χ3v) is 0.800. The molecular weight excluding hydrogens is 152 g/mol. The van der Waals surface area contributed by atoms with Crippen molar-refractivity contribution in [3.05, 3.63) is 0 Å². The summed E-state index contributed by atoms with van der Waals surface area (Å²) < 4.78 is 30.6. The summed E-state index contributed by atoms with van der Waals surface area (Å²) in [6.45, 7) is -0.862. The zero-order valence-electron chi connectivity index (χ0n) is 4.26. The van der Waals surface area contributed by atoms with Crippen LogP contribution in [-0.2, 0) is 14.6 Å². The molecule has 0 aromatic rings. The van der Waals surface area contributed by atoms with Crippen molar-refractivity contribution in [3.63, 3.8) is 0 Å². The second-order valence-corrected chi connectivity index (χ2v) is 2.28. The van der Waals surface area contributed by atoms with E-state index in [1.54, 1.807) is 0 Å². The Kier molecular flexibility index (Phi) is 3.01. The first kappa shape index (κ1) is 8.79. The van der Waals surface area contributed by atoms with E-state index in [0.717, 1.165) is 0 Å². The van der Waals surface area contributed by atoms with Crippen molar-refractivity contribution in [2.75, 3.05) is 6.61 Å². The number of hydrogen-bond acceptors (Lipinski definition) is 5. The Labute approximate surface area is 51.6 Å². The maximum absolute atomic E-state index is 9.65. The standard InChI is InChI=1S/C2H6O6S/c3-2(4)1-8-9(5,6)7/h2-4H,1H2,(H,5,6,7). The lowest BCUT2D eigenvalue weighted by Gasteiger charge is -1.99. The summed E-state index contributed by atoms with van der Waals surface area (Å²) in [5, 5.41) is 15.9.